The second-order valence-corrected chi connectivity index (χ2v) is 18.3. The van der Waals surface area contributed by atoms with E-state index >= 15 is 0 Å². The van der Waals surface area contributed by atoms with E-state index in [0.717, 1.165) is 59.1 Å². The highest BCUT2D eigenvalue weighted by molar-refractivity contribution is 5.90. The van der Waals surface area contributed by atoms with Crippen molar-refractivity contribution in [1.29, 1.82) is 0 Å². The molecule has 334 valence electrons. The lowest BCUT2D eigenvalue weighted by atomic mass is 9.78. The fourth-order valence-corrected chi connectivity index (χ4v) is 9.74. The minimum Gasteiger partial charge on any atom is -0.494 e. The maximum atomic E-state index is 13.8. The zero-order valence-electron chi connectivity index (χ0n) is 37.9. The summed E-state index contributed by atoms with van der Waals surface area (Å²) in [5.41, 5.74) is 2.23. The number of hydrogen-bond donors (Lipinski definition) is 0. The third kappa shape index (κ3) is 15.3. The first-order chi connectivity index (χ1) is 30.5. The van der Waals surface area contributed by atoms with Gasteiger partial charge in [-0.2, -0.15) is 0 Å². The fourth-order valence-electron chi connectivity index (χ4n) is 9.74. The Morgan fingerprint density at radius 2 is 0.758 bits per heavy atom. The summed E-state index contributed by atoms with van der Waals surface area (Å²) in [5.74, 6) is 3.95. The lowest BCUT2D eigenvalue weighted by Gasteiger charge is -2.28. The molecule has 2 aliphatic rings. The van der Waals surface area contributed by atoms with Crippen LogP contribution in [0.1, 0.15) is 186 Å². The van der Waals surface area contributed by atoms with Gasteiger partial charge in [0.05, 0.1) is 24.3 Å². The summed E-state index contributed by atoms with van der Waals surface area (Å²) in [6.45, 7) is 5.89. The minimum absolute atomic E-state index is 0.396. The van der Waals surface area contributed by atoms with Crippen molar-refractivity contribution in [3.05, 3.63) is 131 Å². The second-order valence-electron chi connectivity index (χ2n) is 18.3. The largest absolute Gasteiger partial charge is 0.494 e. The van der Waals surface area contributed by atoms with Gasteiger partial charge in [0, 0.05) is 0 Å². The Labute approximate surface area is 373 Å². The highest BCUT2D eigenvalue weighted by atomic mass is 16.6. The molecule has 6 heteroatoms. The van der Waals surface area contributed by atoms with Crippen LogP contribution in [-0.2, 0) is 9.47 Å². The van der Waals surface area contributed by atoms with Crippen molar-refractivity contribution in [3.8, 4) is 11.5 Å². The number of carbonyl (C=O) groups is 2. The van der Waals surface area contributed by atoms with Crippen LogP contribution in [0, 0.1) is 23.7 Å². The topological polar surface area (TPSA) is 71.1 Å². The van der Waals surface area contributed by atoms with Gasteiger partial charge in [0.25, 0.3) is 0 Å². The zero-order chi connectivity index (χ0) is 43.2. The van der Waals surface area contributed by atoms with E-state index in [2.05, 4.69) is 13.8 Å². The van der Waals surface area contributed by atoms with Crippen LogP contribution in [0.2, 0.25) is 0 Å². The Balaban J connectivity index is 1.00. The molecule has 6 rings (SSSR count). The Morgan fingerprint density at radius 1 is 0.435 bits per heavy atom. The summed E-state index contributed by atoms with van der Waals surface area (Å²) >= 11 is 0. The predicted molar refractivity (Wildman–Crippen MR) is 251 cm³/mol. The molecule has 2 saturated carbocycles. The number of unbranched alkanes of at least 4 members (excludes halogenated alkanes) is 4. The third-order valence-corrected chi connectivity index (χ3v) is 13.6. The molecule has 0 heterocycles. The molecule has 0 amide bonds. The third-order valence-electron chi connectivity index (χ3n) is 13.6. The van der Waals surface area contributed by atoms with E-state index in [1.54, 1.807) is 24.3 Å². The average molecular weight is 843 g/mol. The molecule has 0 unspecified atom stereocenters. The highest BCUT2D eigenvalue weighted by Gasteiger charge is 2.33. The van der Waals surface area contributed by atoms with Gasteiger partial charge in [0.15, 0.2) is 12.2 Å². The van der Waals surface area contributed by atoms with E-state index in [4.69, 9.17) is 18.9 Å². The van der Waals surface area contributed by atoms with Crippen molar-refractivity contribution in [2.24, 2.45) is 23.7 Å². The molecule has 2 aliphatic carbocycles. The summed E-state index contributed by atoms with van der Waals surface area (Å²) < 4.78 is 24.8. The first-order valence-corrected chi connectivity index (χ1v) is 24.5. The molecular formula is C56H74O6. The van der Waals surface area contributed by atoms with Crippen LogP contribution in [0.5, 0.6) is 11.5 Å². The quantitative estimate of drug-likeness (QED) is 0.0489. The molecule has 4 aromatic carbocycles. The molecule has 2 atom stereocenters. The first-order valence-electron chi connectivity index (χ1n) is 24.5. The normalized spacial score (nSPS) is 19.8. The molecule has 0 aliphatic heterocycles. The van der Waals surface area contributed by atoms with Crippen LogP contribution < -0.4 is 9.47 Å². The van der Waals surface area contributed by atoms with Crippen LogP contribution >= 0.6 is 0 Å². The second kappa shape index (κ2) is 26.1. The molecular weight excluding hydrogens is 769 g/mol. The molecule has 0 radical (unpaired) electrons. The summed E-state index contributed by atoms with van der Waals surface area (Å²) in [6, 6.07) is 33.3. The standard InChI is InChI=1S/C56H74O6/c1-3-5-9-17-43-25-29-45(30-26-43)19-15-41-59-51-37-33-49(34-38-51)55(57)61-53(47-21-11-7-12-22-47)54(48-23-13-8-14-24-48)62-56(58)50-35-39-52(40-36-50)60-42-16-20-46-31-27-44(28-32-46)18-10-6-4-2/h7-8,11-14,21-24,33-40,43-46,53-54H,3-6,9-10,15-20,25-32,41-42H2,1-2H3/t43-,44-,45-,46-,53-,54-/m1/s1. The Bertz CT molecular complexity index is 1690. The lowest BCUT2D eigenvalue weighted by Crippen LogP contribution is -2.23. The number of ether oxygens (including phenoxy) is 4. The van der Waals surface area contributed by atoms with Gasteiger partial charge in [0.1, 0.15) is 11.5 Å². The maximum absolute atomic E-state index is 13.8. The van der Waals surface area contributed by atoms with E-state index < -0.39 is 24.1 Å². The number of rotatable bonds is 25. The minimum atomic E-state index is -0.906. The van der Waals surface area contributed by atoms with Gasteiger partial charge in [-0.3, -0.25) is 0 Å². The van der Waals surface area contributed by atoms with Gasteiger partial charge in [-0.1, -0.05) is 177 Å². The maximum Gasteiger partial charge on any atom is 0.338 e. The molecule has 0 spiro atoms. The average Bonchev–Trinajstić information content (AvgIpc) is 3.32. The van der Waals surface area contributed by atoms with Gasteiger partial charge in [-0.15, -0.1) is 0 Å². The van der Waals surface area contributed by atoms with E-state index in [0.29, 0.717) is 24.3 Å². The molecule has 0 bridgehead atoms. The van der Waals surface area contributed by atoms with E-state index in [1.807, 2.05) is 84.9 Å². The van der Waals surface area contributed by atoms with Crippen LogP contribution in [0.4, 0.5) is 0 Å². The monoisotopic (exact) mass is 843 g/mol. The lowest BCUT2D eigenvalue weighted by molar-refractivity contribution is -0.0388. The molecule has 0 N–H and O–H groups in total. The fraction of sp³-hybridized carbons (Fsp3) is 0.536. The van der Waals surface area contributed by atoms with Crippen LogP contribution in [0.15, 0.2) is 109 Å². The Morgan fingerprint density at radius 3 is 1.08 bits per heavy atom. The summed E-state index contributed by atoms with van der Waals surface area (Å²) in [7, 11) is 0. The van der Waals surface area contributed by atoms with Gasteiger partial charge >= 0.3 is 11.9 Å². The number of benzene rings is 4. The summed E-state index contributed by atoms with van der Waals surface area (Å²) in [5, 5.41) is 0. The van der Waals surface area contributed by atoms with E-state index in [-0.39, 0.29) is 0 Å². The van der Waals surface area contributed by atoms with Crippen molar-refractivity contribution in [1.82, 2.24) is 0 Å². The van der Waals surface area contributed by atoms with Gasteiger partial charge in [-0.25, -0.2) is 9.59 Å². The van der Waals surface area contributed by atoms with Crippen molar-refractivity contribution >= 4 is 11.9 Å². The summed E-state index contributed by atoms with van der Waals surface area (Å²) in [4.78, 5) is 27.7. The van der Waals surface area contributed by atoms with Crippen molar-refractivity contribution in [2.45, 2.75) is 154 Å². The molecule has 0 aromatic heterocycles. The van der Waals surface area contributed by atoms with Gasteiger partial charge in [-0.05, 0) is 109 Å². The molecule has 2 fully saturated rings. The summed E-state index contributed by atoms with van der Waals surface area (Å²) in [6.07, 6.45) is 24.6. The number of hydrogen-bond acceptors (Lipinski definition) is 6. The van der Waals surface area contributed by atoms with E-state index in [9.17, 15) is 9.59 Å². The van der Waals surface area contributed by atoms with Crippen LogP contribution in [-0.4, -0.2) is 25.2 Å². The van der Waals surface area contributed by atoms with Gasteiger partial charge in [0.2, 0.25) is 0 Å². The van der Waals surface area contributed by atoms with Crippen LogP contribution in [0.3, 0.4) is 0 Å². The molecule has 4 aromatic rings. The predicted octanol–water partition coefficient (Wildman–Crippen LogP) is 15.3. The van der Waals surface area contributed by atoms with Crippen molar-refractivity contribution in [3.63, 3.8) is 0 Å². The first kappa shape index (κ1) is 46.9. The van der Waals surface area contributed by atoms with Crippen molar-refractivity contribution in [2.75, 3.05) is 13.2 Å². The SMILES string of the molecule is CCCCC[C@H]1CC[C@H](CCCOc2ccc(C(=O)O[C@H](c3ccccc3)[C@H](OC(=O)c3ccc(OCCC[C@H]4CC[C@H](CCCCC)CC4)cc3)c3ccccc3)cc2)CC1. The molecule has 6 nitrogen and oxygen atoms in total. The highest BCUT2D eigenvalue weighted by Crippen LogP contribution is 2.38. The smallest absolute Gasteiger partial charge is 0.338 e. The Kier molecular flexibility index (Phi) is 19.8. The van der Waals surface area contributed by atoms with Gasteiger partial charge < -0.3 is 18.9 Å². The molecule has 62 heavy (non-hydrogen) atoms. The molecule has 0 saturated heterocycles. The zero-order valence-corrected chi connectivity index (χ0v) is 37.9. The van der Waals surface area contributed by atoms with Crippen LogP contribution in [0.25, 0.3) is 0 Å². The number of esters is 2. The Hall–Kier alpha value is -4.58. The number of carbonyl (C=O) groups excluding carboxylic acids is 2. The van der Waals surface area contributed by atoms with E-state index in [1.165, 1.54) is 116 Å². The van der Waals surface area contributed by atoms with Crippen molar-refractivity contribution < 1.29 is 28.5 Å².